The van der Waals surface area contributed by atoms with Gasteiger partial charge in [0.25, 0.3) is 0 Å². The molecule has 4 atom stereocenters. The number of hydrogen-bond acceptors (Lipinski definition) is 2. The van der Waals surface area contributed by atoms with E-state index in [9.17, 15) is 0 Å². The Kier molecular flexibility index (Phi) is 1.08. The highest BCUT2D eigenvalue weighted by atomic mass is 16.6. The lowest BCUT2D eigenvalue weighted by molar-refractivity contribution is -0.104. The van der Waals surface area contributed by atoms with E-state index in [1.807, 2.05) is 6.92 Å². The molecule has 1 N–H and O–H groups in total. The molecule has 1 aliphatic heterocycles. The van der Waals surface area contributed by atoms with Crippen LogP contribution in [0.1, 0.15) is 19.8 Å². The highest BCUT2D eigenvalue weighted by molar-refractivity contribution is 4.91. The molecule has 0 bridgehead atoms. The van der Waals surface area contributed by atoms with E-state index in [0.29, 0.717) is 17.9 Å². The van der Waals surface area contributed by atoms with Crippen LogP contribution in [0.25, 0.3) is 0 Å². The number of fused-ring (bicyclic) bond motifs is 1. The fraction of sp³-hybridized carbons (Fsp3) is 1.00. The third kappa shape index (κ3) is 0.634. The van der Waals surface area contributed by atoms with Gasteiger partial charge in [0.05, 0.1) is 6.10 Å². The SMILES string of the molecule is C[C@H]1OC(O)[C@H]2CC[C@H]21. The van der Waals surface area contributed by atoms with Crippen LogP contribution in [0, 0.1) is 11.8 Å². The first kappa shape index (κ1) is 5.69. The van der Waals surface area contributed by atoms with E-state index < -0.39 is 6.29 Å². The third-order valence-electron chi connectivity index (χ3n) is 2.71. The van der Waals surface area contributed by atoms with Crippen LogP contribution < -0.4 is 0 Å². The van der Waals surface area contributed by atoms with Crippen molar-refractivity contribution in [3.05, 3.63) is 0 Å². The van der Waals surface area contributed by atoms with Crippen LogP contribution in [0.3, 0.4) is 0 Å². The Morgan fingerprint density at radius 3 is 2.22 bits per heavy atom. The van der Waals surface area contributed by atoms with E-state index in [2.05, 4.69) is 0 Å². The molecule has 2 nitrogen and oxygen atoms in total. The standard InChI is InChI=1S/C7H12O2/c1-4-5-2-3-6(5)7(8)9-4/h4-8H,2-3H2,1H3/t4-,5+,6+,7?/m1/s1. The van der Waals surface area contributed by atoms with Crippen LogP contribution in [-0.4, -0.2) is 17.5 Å². The zero-order valence-electron chi connectivity index (χ0n) is 5.58. The normalized spacial score (nSPS) is 56.7. The number of aliphatic hydroxyl groups is 1. The minimum Gasteiger partial charge on any atom is -0.368 e. The molecule has 9 heavy (non-hydrogen) atoms. The fourth-order valence-electron chi connectivity index (χ4n) is 1.91. The van der Waals surface area contributed by atoms with Gasteiger partial charge in [-0.2, -0.15) is 0 Å². The van der Waals surface area contributed by atoms with Gasteiger partial charge in [-0.25, -0.2) is 0 Å². The second-order valence-electron chi connectivity index (χ2n) is 3.14. The van der Waals surface area contributed by atoms with Gasteiger partial charge in [0.1, 0.15) is 0 Å². The summed E-state index contributed by atoms with van der Waals surface area (Å²) >= 11 is 0. The minimum absolute atomic E-state index is 0.304. The molecule has 0 aromatic carbocycles. The lowest BCUT2D eigenvalue weighted by Gasteiger charge is -2.30. The van der Waals surface area contributed by atoms with Crippen LogP contribution in [0.5, 0.6) is 0 Å². The lowest BCUT2D eigenvalue weighted by Crippen LogP contribution is -2.30. The van der Waals surface area contributed by atoms with Crippen molar-refractivity contribution in [2.75, 3.05) is 0 Å². The van der Waals surface area contributed by atoms with Crippen molar-refractivity contribution >= 4 is 0 Å². The highest BCUT2D eigenvalue weighted by Crippen LogP contribution is 2.45. The quantitative estimate of drug-likeness (QED) is 0.521. The van der Waals surface area contributed by atoms with E-state index in [-0.39, 0.29) is 0 Å². The molecule has 0 aromatic heterocycles. The smallest absolute Gasteiger partial charge is 0.158 e. The average Bonchev–Trinajstić information content (AvgIpc) is 1.73. The van der Waals surface area contributed by atoms with Gasteiger partial charge in [0.15, 0.2) is 6.29 Å². The van der Waals surface area contributed by atoms with E-state index >= 15 is 0 Å². The summed E-state index contributed by atoms with van der Waals surface area (Å²) in [5, 5.41) is 9.17. The second kappa shape index (κ2) is 1.70. The maximum absolute atomic E-state index is 9.17. The van der Waals surface area contributed by atoms with Crippen molar-refractivity contribution in [3.8, 4) is 0 Å². The molecular formula is C7H12O2. The van der Waals surface area contributed by atoms with E-state index in [4.69, 9.17) is 9.84 Å². The summed E-state index contributed by atoms with van der Waals surface area (Å²) in [7, 11) is 0. The Bertz CT molecular complexity index is 110. The maximum Gasteiger partial charge on any atom is 0.158 e. The van der Waals surface area contributed by atoms with Crippen molar-refractivity contribution in [2.45, 2.75) is 32.2 Å². The first-order valence-electron chi connectivity index (χ1n) is 3.62. The molecule has 1 saturated carbocycles. The van der Waals surface area contributed by atoms with Crippen molar-refractivity contribution < 1.29 is 9.84 Å². The Labute approximate surface area is 54.8 Å². The number of aliphatic hydroxyl groups excluding tert-OH is 1. The van der Waals surface area contributed by atoms with Crippen LogP contribution in [0.4, 0.5) is 0 Å². The second-order valence-corrected chi connectivity index (χ2v) is 3.14. The van der Waals surface area contributed by atoms with Gasteiger partial charge in [-0.1, -0.05) is 0 Å². The van der Waals surface area contributed by atoms with E-state index in [0.717, 1.165) is 6.42 Å². The largest absolute Gasteiger partial charge is 0.368 e. The van der Waals surface area contributed by atoms with Gasteiger partial charge in [-0.3, -0.25) is 0 Å². The van der Waals surface area contributed by atoms with Crippen molar-refractivity contribution in [1.29, 1.82) is 0 Å². The predicted molar refractivity (Wildman–Crippen MR) is 32.8 cm³/mol. The molecule has 2 rings (SSSR count). The first-order chi connectivity index (χ1) is 4.29. The summed E-state index contributed by atoms with van der Waals surface area (Å²) in [6.07, 6.45) is 2.27. The molecule has 1 heterocycles. The van der Waals surface area contributed by atoms with Gasteiger partial charge >= 0.3 is 0 Å². The van der Waals surface area contributed by atoms with Crippen LogP contribution >= 0.6 is 0 Å². The summed E-state index contributed by atoms with van der Waals surface area (Å²) < 4.78 is 5.20. The van der Waals surface area contributed by atoms with Crippen LogP contribution in [0.15, 0.2) is 0 Å². The molecule has 2 heteroatoms. The summed E-state index contributed by atoms with van der Waals surface area (Å²) in [6, 6.07) is 0. The van der Waals surface area contributed by atoms with Gasteiger partial charge in [0, 0.05) is 5.92 Å². The topological polar surface area (TPSA) is 29.5 Å². The van der Waals surface area contributed by atoms with Crippen molar-refractivity contribution in [1.82, 2.24) is 0 Å². The Morgan fingerprint density at radius 1 is 1.33 bits per heavy atom. The predicted octanol–water partition coefficient (Wildman–Crippen LogP) is 0.750. The summed E-state index contributed by atoms with van der Waals surface area (Å²) in [5.41, 5.74) is 0. The molecule has 1 saturated heterocycles. The zero-order chi connectivity index (χ0) is 6.43. The van der Waals surface area contributed by atoms with Gasteiger partial charge in [0.2, 0.25) is 0 Å². The molecule has 0 spiro atoms. The fourth-order valence-corrected chi connectivity index (χ4v) is 1.91. The molecular weight excluding hydrogens is 116 g/mol. The average molecular weight is 128 g/mol. The zero-order valence-corrected chi connectivity index (χ0v) is 5.58. The highest BCUT2D eigenvalue weighted by Gasteiger charge is 2.46. The Hall–Kier alpha value is -0.0800. The third-order valence-corrected chi connectivity index (χ3v) is 2.71. The van der Waals surface area contributed by atoms with Gasteiger partial charge in [-0.15, -0.1) is 0 Å². The molecule has 0 aromatic rings. The minimum atomic E-state index is -0.446. The molecule has 0 amide bonds. The van der Waals surface area contributed by atoms with Gasteiger partial charge < -0.3 is 9.84 Å². The first-order valence-corrected chi connectivity index (χ1v) is 3.62. The number of ether oxygens (including phenoxy) is 1. The van der Waals surface area contributed by atoms with Crippen LogP contribution in [0.2, 0.25) is 0 Å². The summed E-state index contributed by atoms with van der Waals surface area (Å²) in [6.45, 7) is 2.05. The molecule has 52 valence electrons. The Morgan fingerprint density at radius 2 is 2.00 bits per heavy atom. The van der Waals surface area contributed by atoms with Gasteiger partial charge in [-0.05, 0) is 25.7 Å². The number of rotatable bonds is 0. The maximum atomic E-state index is 9.17. The Balaban J connectivity index is 2.08. The van der Waals surface area contributed by atoms with Crippen molar-refractivity contribution in [3.63, 3.8) is 0 Å². The summed E-state index contributed by atoms with van der Waals surface area (Å²) in [4.78, 5) is 0. The van der Waals surface area contributed by atoms with E-state index in [1.165, 1.54) is 6.42 Å². The molecule has 2 fully saturated rings. The monoisotopic (exact) mass is 128 g/mol. The number of hydrogen-bond donors (Lipinski definition) is 1. The van der Waals surface area contributed by atoms with Crippen molar-refractivity contribution in [2.24, 2.45) is 11.8 Å². The van der Waals surface area contributed by atoms with Crippen LogP contribution in [-0.2, 0) is 4.74 Å². The molecule has 1 aliphatic carbocycles. The summed E-state index contributed by atoms with van der Waals surface area (Å²) in [5.74, 6) is 1.14. The molecule has 2 aliphatic rings. The lowest BCUT2D eigenvalue weighted by atomic mass is 9.73. The van der Waals surface area contributed by atoms with E-state index in [1.54, 1.807) is 0 Å². The molecule has 0 radical (unpaired) electrons. The molecule has 1 unspecified atom stereocenters.